The largest absolute Gasteiger partial charge is 0.369 e. The molecule has 1 aromatic rings. The van der Waals surface area contributed by atoms with Crippen molar-refractivity contribution in [3.8, 4) is 0 Å². The predicted molar refractivity (Wildman–Crippen MR) is 73.7 cm³/mol. The number of hydrogen-bond donors (Lipinski definition) is 1. The van der Waals surface area contributed by atoms with Gasteiger partial charge in [0.05, 0.1) is 6.54 Å². The Labute approximate surface area is 111 Å². The summed E-state index contributed by atoms with van der Waals surface area (Å²) in [6.07, 6.45) is 1.91. The number of amides is 1. The standard InChI is InChI=1S/C13H19BrN2O/c1-3-11(16(2)9-13(15)17)8-10-6-4-5-7-12(10)14/h4-7,11H,3,8-9H2,1-2H3,(H2,15,17)/t11-/m1/s1. The molecule has 0 aliphatic rings. The molecule has 0 unspecified atom stereocenters. The van der Waals surface area contributed by atoms with Gasteiger partial charge in [0.2, 0.25) is 5.91 Å². The fraction of sp³-hybridized carbons (Fsp3) is 0.462. The molecule has 0 spiro atoms. The lowest BCUT2D eigenvalue weighted by atomic mass is 10.0. The van der Waals surface area contributed by atoms with Crippen molar-refractivity contribution in [1.82, 2.24) is 4.90 Å². The summed E-state index contributed by atoms with van der Waals surface area (Å²) in [4.78, 5) is 12.9. The number of carbonyl (C=O) groups is 1. The molecule has 17 heavy (non-hydrogen) atoms. The van der Waals surface area contributed by atoms with Crippen LogP contribution in [0.2, 0.25) is 0 Å². The summed E-state index contributed by atoms with van der Waals surface area (Å²) in [5.74, 6) is -0.280. The van der Waals surface area contributed by atoms with Gasteiger partial charge in [-0.1, -0.05) is 41.1 Å². The maximum Gasteiger partial charge on any atom is 0.231 e. The Balaban J connectivity index is 2.70. The second-order valence-corrected chi connectivity index (χ2v) is 5.09. The second kappa shape index (κ2) is 6.77. The van der Waals surface area contributed by atoms with E-state index in [-0.39, 0.29) is 5.91 Å². The lowest BCUT2D eigenvalue weighted by molar-refractivity contribution is -0.119. The minimum Gasteiger partial charge on any atom is -0.369 e. The van der Waals surface area contributed by atoms with Crippen LogP contribution in [-0.4, -0.2) is 30.4 Å². The lowest BCUT2D eigenvalue weighted by Crippen LogP contribution is -2.39. The van der Waals surface area contributed by atoms with Gasteiger partial charge in [0.15, 0.2) is 0 Å². The van der Waals surface area contributed by atoms with Crippen LogP contribution in [0, 0.1) is 0 Å². The van der Waals surface area contributed by atoms with Crippen molar-refractivity contribution in [2.24, 2.45) is 5.73 Å². The molecule has 3 nitrogen and oxygen atoms in total. The van der Waals surface area contributed by atoms with Crippen molar-refractivity contribution in [3.05, 3.63) is 34.3 Å². The molecule has 4 heteroatoms. The second-order valence-electron chi connectivity index (χ2n) is 4.24. The molecule has 0 radical (unpaired) electrons. The number of rotatable bonds is 6. The van der Waals surface area contributed by atoms with E-state index in [2.05, 4.69) is 28.9 Å². The van der Waals surface area contributed by atoms with Crippen molar-refractivity contribution in [2.75, 3.05) is 13.6 Å². The first-order valence-electron chi connectivity index (χ1n) is 5.76. The number of primary amides is 1. The summed E-state index contributed by atoms with van der Waals surface area (Å²) in [7, 11) is 1.94. The first kappa shape index (κ1) is 14.2. The molecule has 94 valence electrons. The van der Waals surface area contributed by atoms with E-state index in [9.17, 15) is 4.79 Å². The van der Waals surface area contributed by atoms with Crippen LogP contribution in [0.5, 0.6) is 0 Å². The molecule has 0 saturated carbocycles. The average Bonchev–Trinajstić information content (AvgIpc) is 2.27. The van der Waals surface area contributed by atoms with Crippen LogP contribution in [0.15, 0.2) is 28.7 Å². The van der Waals surface area contributed by atoms with Gasteiger partial charge in [-0.3, -0.25) is 9.69 Å². The summed E-state index contributed by atoms with van der Waals surface area (Å²) in [6.45, 7) is 2.43. The molecule has 0 aliphatic heterocycles. The van der Waals surface area contributed by atoms with Gasteiger partial charge < -0.3 is 5.73 Å². The van der Waals surface area contributed by atoms with Crippen LogP contribution in [0.1, 0.15) is 18.9 Å². The number of benzene rings is 1. The molecule has 1 rings (SSSR count). The summed E-state index contributed by atoms with van der Waals surface area (Å²) in [6, 6.07) is 8.50. The predicted octanol–water partition coefficient (Wildman–Crippen LogP) is 2.19. The van der Waals surface area contributed by atoms with E-state index in [4.69, 9.17) is 5.73 Å². The monoisotopic (exact) mass is 298 g/mol. The van der Waals surface area contributed by atoms with Crippen LogP contribution in [0.4, 0.5) is 0 Å². The minimum atomic E-state index is -0.280. The van der Waals surface area contributed by atoms with E-state index < -0.39 is 0 Å². The third-order valence-electron chi connectivity index (χ3n) is 2.91. The molecular formula is C13H19BrN2O. The van der Waals surface area contributed by atoms with Crippen molar-refractivity contribution >= 4 is 21.8 Å². The summed E-state index contributed by atoms with van der Waals surface area (Å²) in [5, 5.41) is 0. The number of hydrogen-bond acceptors (Lipinski definition) is 2. The fourth-order valence-electron chi connectivity index (χ4n) is 1.90. The molecule has 0 heterocycles. The Kier molecular flexibility index (Phi) is 5.65. The minimum absolute atomic E-state index is 0.280. The number of carbonyl (C=O) groups excluding carboxylic acids is 1. The number of nitrogens with two attached hydrogens (primary N) is 1. The number of likely N-dealkylation sites (N-methyl/N-ethyl adjacent to an activating group) is 1. The van der Waals surface area contributed by atoms with E-state index in [1.807, 2.05) is 30.1 Å². The van der Waals surface area contributed by atoms with Gasteiger partial charge in [-0.2, -0.15) is 0 Å². The van der Waals surface area contributed by atoms with Gasteiger partial charge >= 0.3 is 0 Å². The molecule has 0 aliphatic carbocycles. The van der Waals surface area contributed by atoms with Crippen molar-refractivity contribution in [1.29, 1.82) is 0 Å². The summed E-state index contributed by atoms with van der Waals surface area (Å²) >= 11 is 3.54. The zero-order chi connectivity index (χ0) is 12.8. The molecular weight excluding hydrogens is 280 g/mol. The van der Waals surface area contributed by atoms with Crippen molar-refractivity contribution in [2.45, 2.75) is 25.8 Å². The fourth-order valence-corrected chi connectivity index (χ4v) is 2.35. The van der Waals surface area contributed by atoms with Crippen LogP contribution in [0.3, 0.4) is 0 Å². The quantitative estimate of drug-likeness (QED) is 0.875. The SMILES string of the molecule is CC[C@H](Cc1ccccc1Br)N(C)CC(N)=O. The highest BCUT2D eigenvalue weighted by Gasteiger charge is 2.15. The smallest absolute Gasteiger partial charge is 0.231 e. The first-order chi connectivity index (χ1) is 8.04. The molecule has 0 aromatic heterocycles. The van der Waals surface area contributed by atoms with E-state index in [1.165, 1.54) is 5.56 Å². The molecule has 0 saturated heterocycles. The highest BCUT2D eigenvalue weighted by atomic mass is 79.9. The van der Waals surface area contributed by atoms with Crippen LogP contribution in [0.25, 0.3) is 0 Å². The van der Waals surface area contributed by atoms with E-state index >= 15 is 0 Å². The maximum absolute atomic E-state index is 10.9. The molecule has 0 fully saturated rings. The van der Waals surface area contributed by atoms with Gasteiger partial charge in [0, 0.05) is 10.5 Å². The zero-order valence-electron chi connectivity index (χ0n) is 10.3. The van der Waals surface area contributed by atoms with Crippen molar-refractivity contribution in [3.63, 3.8) is 0 Å². The highest BCUT2D eigenvalue weighted by molar-refractivity contribution is 9.10. The van der Waals surface area contributed by atoms with E-state index in [1.54, 1.807) is 0 Å². The Hall–Kier alpha value is -0.870. The molecule has 1 atom stereocenters. The van der Waals surface area contributed by atoms with E-state index in [0.717, 1.165) is 17.3 Å². The molecule has 1 aromatic carbocycles. The van der Waals surface area contributed by atoms with Crippen molar-refractivity contribution < 1.29 is 4.79 Å². The molecule has 1 amide bonds. The lowest BCUT2D eigenvalue weighted by Gasteiger charge is -2.26. The number of halogens is 1. The molecule has 2 N–H and O–H groups in total. The molecule has 0 bridgehead atoms. The first-order valence-corrected chi connectivity index (χ1v) is 6.55. The highest BCUT2D eigenvalue weighted by Crippen LogP contribution is 2.19. The van der Waals surface area contributed by atoms with Crippen LogP contribution in [-0.2, 0) is 11.2 Å². The normalized spacial score (nSPS) is 12.7. The third-order valence-corrected chi connectivity index (χ3v) is 3.69. The Morgan fingerprint density at radius 2 is 2.12 bits per heavy atom. The zero-order valence-corrected chi connectivity index (χ0v) is 11.9. The number of nitrogens with zero attached hydrogens (tertiary/aromatic N) is 1. The van der Waals surface area contributed by atoms with Gasteiger partial charge in [0.25, 0.3) is 0 Å². The Bertz CT molecular complexity index is 381. The summed E-state index contributed by atoms with van der Waals surface area (Å²) < 4.78 is 1.12. The third kappa shape index (κ3) is 4.48. The van der Waals surface area contributed by atoms with Gasteiger partial charge in [-0.15, -0.1) is 0 Å². The van der Waals surface area contributed by atoms with Crippen LogP contribution >= 0.6 is 15.9 Å². The average molecular weight is 299 g/mol. The Morgan fingerprint density at radius 3 is 2.65 bits per heavy atom. The maximum atomic E-state index is 10.9. The van der Waals surface area contributed by atoms with Gasteiger partial charge in [0.1, 0.15) is 0 Å². The topological polar surface area (TPSA) is 46.3 Å². The van der Waals surface area contributed by atoms with E-state index in [0.29, 0.717) is 12.6 Å². The van der Waals surface area contributed by atoms with Gasteiger partial charge in [-0.05, 0) is 31.5 Å². The van der Waals surface area contributed by atoms with Gasteiger partial charge in [-0.25, -0.2) is 0 Å². The van der Waals surface area contributed by atoms with Crippen LogP contribution < -0.4 is 5.73 Å². The Morgan fingerprint density at radius 1 is 1.47 bits per heavy atom. The summed E-state index contributed by atoms with van der Waals surface area (Å²) in [5.41, 5.74) is 6.48.